The van der Waals surface area contributed by atoms with E-state index in [4.69, 9.17) is 4.74 Å². The van der Waals surface area contributed by atoms with E-state index >= 15 is 0 Å². The quantitative estimate of drug-likeness (QED) is 0.447. The molecule has 0 aliphatic heterocycles. The van der Waals surface area contributed by atoms with Crippen LogP contribution in [0.2, 0.25) is 0 Å². The number of aromatic amines is 2. The van der Waals surface area contributed by atoms with E-state index in [1.165, 1.54) is 16.8 Å². The molecule has 0 amide bonds. The first-order chi connectivity index (χ1) is 15.1. The van der Waals surface area contributed by atoms with Crippen molar-refractivity contribution in [1.82, 2.24) is 19.7 Å². The molecule has 0 aliphatic rings. The highest BCUT2D eigenvalue weighted by molar-refractivity contribution is 6.03. The summed E-state index contributed by atoms with van der Waals surface area (Å²) >= 11 is 0. The lowest BCUT2D eigenvalue weighted by Gasteiger charge is -2.05. The third-order valence-corrected chi connectivity index (χ3v) is 5.00. The molecule has 0 bridgehead atoms. The van der Waals surface area contributed by atoms with Crippen molar-refractivity contribution in [3.63, 3.8) is 0 Å². The zero-order chi connectivity index (χ0) is 21.8. The number of ether oxygens (including phenoxy) is 1. The number of nitrogens with one attached hydrogen (secondary N) is 2. The minimum absolute atomic E-state index is 0.250. The number of aromatic nitrogens is 4. The summed E-state index contributed by atoms with van der Waals surface area (Å²) in [5.74, 6) is 0.353. The van der Waals surface area contributed by atoms with Crippen LogP contribution < -0.4 is 10.3 Å². The van der Waals surface area contributed by atoms with Crippen LogP contribution in [0.25, 0.3) is 16.9 Å². The van der Waals surface area contributed by atoms with E-state index in [-0.39, 0.29) is 11.4 Å². The largest absolute Gasteiger partial charge is 0.497 e. The van der Waals surface area contributed by atoms with Gasteiger partial charge in [-0.25, -0.2) is 14.1 Å². The number of aliphatic imine (C=N–C) groups is 1. The van der Waals surface area contributed by atoms with Gasteiger partial charge in [0.25, 0.3) is 5.56 Å². The van der Waals surface area contributed by atoms with Gasteiger partial charge in [0.05, 0.1) is 30.4 Å². The van der Waals surface area contributed by atoms with Crippen LogP contribution >= 0.6 is 0 Å². The van der Waals surface area contributed by atoms with E-state index in [1.54, 1.807) is 31.8 Å². The highest BCUT2D eigenvalue weighted by Crippen LogP contribution is 2.24. The zero-order valence-electron chi connectivity index (χ0n) is 17.2. The van der Waals surface area contributed by atoms with Gasteiger partial charge in [0, 0.05) is 36.1 Å². The topological polar surface area (TPSA) is 88.1 Å². The molecule has 0 unspecified atom stereocenters. The molecule has 7 nitrogen and oxygen atoms in total. The third kappa shape index (κ3) is 4.32. The molecule has 2 aromatic carbocycles. The average molecular weight is 419 g/mol. The smallest absolute Gasteiger partial charge is 0.280 e. The Hall–Kier alpha value is -3.94. The Morgan fingerprint density at radius 1 is 1.16 bits per heavy atom. The second-order valence-corrected chi connectivity index (χ2v) is 7.00. The minimum atomic E-state index is -0.365. The Balaban J connectivity index is 1.76. The van der Waals surface area contributed by atoms with Crippen molar-refractivity contribution in [1.29, 1.82) is 0 Å². The van der Waals surface area contributed by atoms with Crippen LogP contribution in [0.5, 0.6) is 5.75 Å². The summed E-state index contributed by atoms with van der Waals surface area (Å²) in [6.07, 6.45) is 4.07. The number of hydrogen-bond acceptors (Lipinski definition) is 4. The molecule has 0 saturated heterocycles. The van der Waals surface area contributed by atoms with Crippen LogP contribution in [0.1, 0.15) is 18.2 Å². The standard InChI is InChI=1S/C23H22FN5O2/c1-15(26-12-11-18-13-25-14-27-18)21-22(16-3-9-20(31-2)10-4-16)28-29(23(21)30)19-7-5-17(24)6-8-19/h3-10,13-14,28H,11-12H2,1-2H3,(H,25,27). The molecule has 0 fully saturated rings. The molecule has 0 saturated carbocycles. The van der Waals surface area contributed by atoms with Crippen molar-refractivity contribution in [3.8, 4) is 22.7 Å². The molecule has 0 radical (unpaired) electrons. The van der Waals surface area contributed by atoms with Crippen LogP contribution in [0.3, 0.4) is 0 Å². The van der Waals surface area contributed by atoms with E-state index < -0.39 is 0 Å². The molecule has 2 heterocycles. The molecule has 4 aromatic rings. The fourth-order valence-corrected chi connectivity index (χ4v) is 3.36. The van der Waals surface area contributed by atoms with Crippen molar-refractivity contribution >= 4 is 5.71 Å². The number of benzene rings is 2. The Kier molecular flexibility index (Phi) is 5.79. The molecular weight excluding hydrogens is 397 g/mol. The zero-order valence-corrected chi connectivity index (χ0v) is 17.2. The first kappa shape index (κ1) is 20.3. The Labute approximate surface area is 178 Å². The fraction of sp³-hybridized carbons (Fsp3) is 0.174. The van der Waals surface area contributed by atoms with Crippen LogP contribution in [0, 0.1) is 5.82 Å². The predicted molar refractivity (Wildman–Crippen MR) is 118 cm³/mol. The van der Waals surface area contributed by atoms with Crippen molar-refractivity contribution in [2.75, 3.05) is 13.7 Å². The van der Waals surface area contributed by atoms with E-state index in [2.05, 4.69) is 20.1 Å². The van der Waals surface area contributed by atoms with Crippen molar-refractivity contribution in [3.05, 3.63) is 88.5 Å². The number of nitrogens with zero attached hydrogens (tertiary/aromatic N) is 3. The van der Waals surface area contributed by atoms with Gasteiger partial charge in [0.15, 0.2) is 0 Å². The van der Waals surface area contributed by atoms with Crippen molar-refractivity contribution in [2.45, 2.75) is 13.3 Å². The maximum Gasteiger partial charge on any atom is 0.280 e. The number of H-pyrrole nitrogens is 2. The maximum atomic E-state index is 13.4. The Bertz CT molecular complexity index is 1240. The summed E-state index contributed by atoms with van der Waals surface area (Å²) in [5, 5.41) is 3.17. The number of rotatable bonds is 7. The number of imidazole rings is 1. The van der Waals surface area contributed by atoms with E-state index in [0.717, 1.165) is 17.0 Å². The van der Waals surface area contributed by atoms with Crippen LogP contribution in [0.4, 0.5) is 4.39 Å². The molecule has 2 aromatic heterocycles. The number of methoxy groups -OCH3 is 1. The summed E-state index contributed by atoms with van der Waals surface area (Å²) in [6, 6.07) is 13.2. The monoisotopic (exact) mass is 419 g/mol. The second-order valence-electron chi connectivity index (χ2n) is 7.00. The van der Waals surface area contributed by atoms with Gasteiger partial charge in [0.1, 0.15) is 11.6 Å². The highest BCUT2D eigenvalue weighted by Gasteiger charge is 2.19. The maximum absolute atomic E-state index is 13.4. The number of halogens is 1. The van der Waals surface area contributed by atoms with Gasteiger partial charge in [-0.3, -0.25) is 14.9 Å². The molecule has 0 atom stereocenters. The highest BCUT2D eigenvalue weighted by atomic mass is 19.1. The van der Waals surface area contributed by atoms with Gasteiger partial charge >= 0.3 is 0 Å². The molecule has 0 aliphatic carbocycles. The fourth-order valence-electron chi connectivity index (χ4n) is 3.36. The van der Waals surface area contributed by atoms with Gasteiger partial charge in [-0.15, -0.1) is 0 Å². The molecule has 0 spiro atoms. The molecule has 4 rings (SSSR count). The van der Waals surface area contributed by atoms with Gasteiger partial charge in [0.2, 0.25) is 0 Å². The normalized spacial score (nSPS) is 11.6. The van der Waals surface area contributed by atoms with Crippen LogP contribution in [0.15, 0.2) is 70.8 Å². The Morgan fingerprint density at radius 3 is 2.55 bits per heavy atom. The lowest BCUT2D eigenvalue weighted by atomic mass is 10.0. The second kappa shape index (κ2) is 8.83. The van der Waals surface area contributed by atoms with E-state index in [1.807, 2.05) is 31.2 Å². The van der Waals surface area contributed by atoms with E-state index in [0.29, 0.717) is 35.6 Å². The lowest BCUT2D eigenvalue weighted by Crippen LogP contribution is -2.20. The molecule has 158 valence electrons. The minimum Gasteiger partial charge on any atom is -0.497 e. The predicted octanol–water partition coefficient (Wildman–Crippen LogP) is 3.76. The summed E-state index contributed by atoms with van der Waals surface area (Å²) < 4.78 is 20.0. The summed E-state index contributed by atoms with van der Waals surface area (Å²) in [6.45, 7) is 2.33. The first-order valence-electron chi connectivity index (χ1n) is 9.81. The molecule has 2 N–H and O–H groups in total. The van der Waals surface area contributed by atoms with E-state index in [9.17, 15) is 9.18 Å². The van der Waals surface area contributed by atoms with Gasteiger partial charge in [-0.05, 0) is 55.5 Å². The van der Waals surface area contributed by atoms with Gasteiger partial charge in [-0.2, -0.15) is 0 Å². The SMILES string of the molecule is COc1ccc(-c2[nH]n(-c3ccc(F)cc3)c(=O)c2C(C)=NCCc2cnc[nH]2)cc1. The molecule has 31 heavy (non-hydrogen) atoms. The summed E-state index contributed by atoms with van der Waals surface area (Å²) in [5.41, 5.74) is 3.81. The van der Waals surface area contributed by atoms with Gasteiger partial charge < -0.3 is 9.72 Å². The molecular formula is C23H22FN5O2. The summed E-state index contributed by atoms with van der Waals surface area (Å²) in [4.78, 5) is 25.0. The third-order valence-electron chi connectivity index (χ3n) is 5.00. The number of hydrogen-bond donors (Lipinski definition) is 2. The van der Waals surface area contributed by atoms with Crippen LogP contribution in [-0.2, 0) is 6.42 Å². The average Bonchev–Trinajstić information content (AvgIpc) is 3.42. The summed E-state index contributed by atoms with van der Waals surface area (Å²) in [7, 11) is 1.60. The Morgan fingerprint density at radius 2 is 1.90 bits per heavy atom. The lowest BCUT2D eigenvalue weighted by molar-refractivity contribution is 0.415. The van der Waals surface area contributed by atoms with Crippen LogP contribution in [-0.4, -0.2) is 39.1 Å². The van der Waals surface area contributed by atoms with Gasteiger partial charge in [-0.1, -0.05) is 0 Å². The van der Waals surface area contributed by atoms with Crippen molar-refractivity contribution in [2.24, 2.45) is 4.99 Å². The van der Waals surface area contributed by atoms with Crippen molar-refractivity contribution < 1.29 is 9.13 Å². The molecule has 8 heteroatoms. The first-order valence-corrected chi connectivity index (χ1v) is 9.81.